The zero-order valence-electron chi connectivity index (χ0n) is 13.9. The lowest BCUT2D eigenvalue weighted by Crippen LogP contribution is -2.39. The highest BCUT2D eigenvalue weighted by molar-refractivity contribution is 5.47. The van der Waals surface area contributed by atoms with Gasteiger partial charge in [0.1, 0.15) is 5.82 Å². The van der Waals surface area contributed by atoms with Gasteiger partial charge in [0.2, 0.25) is 5.95 Å². The molecule has 0 radical (unpaired) electrons. The molecule has 2 fully saturated rings. The van der Waals surface area contributed by atoms with Gasteiger partial charge in [-0.1, -0.05) is 0 Å². The average Bonchev–Trinajstić information content (AvgIpc) is 3.15. The van der Waals surface area contributed by atoms with Gasteiger partial charge in [-0.05, 0) is 31.6 Å². The predicted octanol–water partition coefficient (Wildman–Crippen LogP) is 1.67. The van der Waals surface area contributed by atoms with E-state index in [0.717, 1.165) is 18.9 Å². The molecule has 3 heterocycles. The molecule has 0 aromatic carbocycles. The van der Waals surface area contributed by atoms with Gasteiger partial charge in [0.25, 0.3) is 0 Å². The molecule has 0 aliphatic carbocycles. The monoisotopic (exact) mass is 360 g/mol. The number of aromatic nitrogens is 2. The minimum absolute atomic E-state index is 0.0387. The van der Waals surface area contributed by atoms with E-state index in [4.69, 9.17) is 5.11 Å². The summed E-state index contributed by atoms with van der Waals surface area (Å²) >= 11 is 0. The molecule has 140 valence electrons. The number of hydrogen-bond acceptors (Lipinski definition) is 6. The molecule has 0 amide bonds. The van der Waals surface area contributed by atoms with Crippen LogP contribution in [0.3, 0.4) is 0 Å². The van der Waals surface area contributed by atoms with Crippen LogP contribution in [0.25, 0.3) is 0 Å². The number of hydrogen-bond donors (Lipinski definition) is 2. The van der Waals surface area contributed by atoms with E-state index in [1.165, 1.54) is 0 Å². The molecule has 0 saturated carbocycles. The molecule has 2 aliphatic rings. The normalized spacial score (nSPS) is 21.0. The van der Waals surface area contributed by atoms with Gasteiger partial charge in [0.15, 0.2) is 5.69 Å². The summed E-state index contributed by atoms with van der Waals surface area (Å²) in [4.78, 5) is 11.7. The number of anilines is 2. The Bertz CT molecular complexity index is 585. The number of alkyl halides is 3. The Morgan fingerprint density at radius 1 is 1.08 bits per heavy atom. The third kappa shape index (κ3) is 4.14. The molecule has 6 nitrogen and oxygen atoms in total. The van der Waals surface area contributed by atoms with Crippen LogP contribution in [0.1, 0.15) is 31.4 Å². The second-order valence-corrected chi connectivity index (χ2v) is 6.68. The second kappa shape index (κ2) is 7.33. The summed E-state index contributed by atoms with van der Waals surface area (Å²) in [5, 5.41) is 18.8. The average molecular weight is 360 g/mol. The molecule has 0 spiro atoms. The third-order valence-corrected chi connectivity index (χ3v) is 4.97. The van der Waals surface area contributed by atoms with Crippen molar-refractivity contribution in [2.45, 2.75) is 38.0 Å². The maximum absolute atomic E-state index is 13.2. The smallest absolute Gasteiger partial charge is 0.394 e. The van der Waals surface area contributed by atoms with Crippen molar-refractivity contribution in [2.75, 3.05) is 42.6 Å². The van der Waals surface area contributed by atoms with E-state index in [2.05, 4.69) is 9.97 Å². The van der Waals surface area contributed by atoms with E-state index in [1.807, 2.05) is 0 Å². The summed E-state index contributed by atoms with van der Waals surface area (Å²) in [6.07, 6.45) is -2.23. The molecule has 1 atom stereocenters. The van der Waals surface area contributed by atoms with Crippen LogP contribution in [-0.4, -0.2) is 59.1 Å². The molecule has 2 N–H and O–H groups in total. The highest BCUT2D eigenvalue weighted by atomic mass is 19.4. The Morgan fingerprint density at radius 2 is 1.72 bits per heavy atom. The molecule has 3 rings (SSSR count). The SMILES string of the molecule is OCC(O)C1CCN(c2cc(C(F)(F)F)nc(N3CCCC3)n2)CC1. The van der Waals surface area contributed by atoms with Crippen molar-refractivity contribution in [2.24, 2.45) is 5.92 Å². The largest absolute Gasteiger partial charge is 0.433 e. The van der Waals surface area contributed by atoms with Gasteiger partial charge in [-0.2, -0.15) is 18.2 Å². The highest BCUT2D eigenvalue weighted by Crippen LogP contribution is 2.33. The van der Waals surface area contributed by atoms with Crippen molar-refractivity contribution in [1.82, 2.24) is 9.97 Å². The zero-order chi connectivity index (χ0) is 18.0. The van der Waals surface area contributed by atoms with Crippen LogP contribution in [0.2, 0.25) is 0 Å². The minimum Gasteiger partial charge on any atom is -0.394 e. The second-order valence-electron chi connectivity index (χ2n) is 6.68. The molecule has 2 saturated heterocycles. The van der Waals surface area contributed by atoms with Crippen molar-refractivity contribution in [3.63, 3.8) is 0 Å². The number of aliphatic hydroxyl groups is 2. The van der Waals surface area contributed by atoms with Crippen molar-refractivity contribution < 1.29 is 23.4 Å². The lowest BCUT2D eigenvalue weighted by molar-refractivity contribution is -0.141. The Balaban J connectivity index is 1.82. The number of piperidine rings is 1. The summed E-state index contributed by atoms with van der Waals surface area (Å²) in [5.41, 5.74) is -0.920. The molecule has 0 bridgehead atoms. The Labute approximate surface area is 144 Å². The van der Waals surface area contributed by atoms with Gasteiger partial charge >= 0.3 is 6.18 Å². The molecule has 1 aromatic rings. The molecule has 9 heteroatoms. The van der Waals surface area contributed by atoms with E-state index in [0.29, 0.717) is 39.0 Å². The van der Waals surface area contributed by atoms with Gasteiger partial charge in [-0.25, -0.2) is 4.98 Å². The first-order valence-corrected chi connectivity index (χ1v) is 8.63. The molecular formula is C16H23F3N4O2. The summed E-state index contributed by atoms with van der Waals surface area (Å²) in [6, 6.07) is 1.00. The highest BCUT2D eigenvalue weighted by Gasteiger charge is 2.35. The van der Waals surface area contributed by atoms with Crippen molar-refractivity contribution in [3.8, 4) is 0 Å². The third-order valence-electron chi connectivity index (χ3n) is 4.97. The summed E-state index contributed by atoms with van der Waals surface area (Å²) in [7, 11) is 0. The van der Waals surface area contributed by atoms with E-state index in [-0.39, 0.29) is 24.3 Å². The number of aliphatic hydroxyl groups excluding tert-OH is 2. The number of rotatable bonds is 4. The summed E-state index contributed by atoms with van der Waals surface area (Å²) < 4.78 is 39.7. The standard InChI is InChI=1S/C16H23F3N4O2/c17-16(18,19)13-9-14(21-15(20-13)23-5-1-2-6-23)22-7-3-11(4-8-22)12(25)10-24/h9,11-12,24-25H,1-8,10H2. The van der Waals surface area contributed by atoms with Gasteiger partial charge < -0.3 is 20.0 Å². The lowest BCUT2D eigenvalue weighted by Gasteiger charge is -2.35. The Kier molecular flexibility index (Phi) is 5.33. The van der Waals surface area contributed by atoms with Crippen LogP contribution in [-0.2, 0) is 6.18 Å². The fourth-order valence-electron chi connectivity index (χ4n) is 3.45. The lowest BCUT2D eigenvalue weighted by atomic mass is 9.91. The molecular weight excluding hydrogens is 337 g/mol. The molecule has 2 aliphatic heterocycles. The van der Waals surface area contributed by atoms with Gasteiger partial charge in [0.05, 0.1) is 12.7 Å². The van der Waals surface area contributed by atoms with E-state index < -0.39 is 18.0 Å². The van der Waals surface area contributed by atoms with Crippen LogP contribution < -0.4 is 9.80 Å². The first kappa shape index (κ1) is 18.2. The zero-order valence-corrected chi connectivity index (χ0v) is 13.9. The Morgan fingerprint density at radius 3 is 2.28 bits per heavy atom. The number of halogens is 3. The summed E-state index contributed by atoms with van der Waals surface area (Å²) in [5.74, 6) is 0.379. The summed E-state index contributed by atoms with van der Waals surface area (Å²) in [6.45, 7) is 2.04. The maximum atomic E-state index is 13.2. The predicted molar refractivity (Wildman–Crippen MR) is 86.5 cm³/mol. The Hall–Kier alpha value is -1.61. The first-order chi connectivity index (χ1) is 11.9. The van der Waals surface area contributed by atoms with E-state index in [1.54, 1.807) is 9.80 Å². The molecule has 1 unspecified atom stereocenters. The van der Waals surface area contributed by atoms with Crippen molar-refractivity contribution in [3.05, 3.63) is 11.8 Å². The molecule has 25 heavy (non-hydrogen) atoms. The van der Waals surface area contributed by atoms with Crippen molar-refractivity contribution in [1.29, 1.82) is 0 Å². The van der Waals surface area contributed by atoms with Gasteiger partial charge in [-0.15, -0.1) is 0 Å². The van der Waals surface area contributed by atoms with Crippen LogP contribution in [0.15, 0.2) is 6.07 Å². The molecule has 1 aromatic heterocycles. The maximum Gasteiger partial charge on any atom is 0.433 e. The van der Waals surface area contributed by atoms with E-state index in [9.17, 15) is 18.3 Å². The first-order valence-electron chi connectivity index (χ1n) is 8.63. The minimum atomic E-state index is -4.52. The van der Waals surface area contributed by atoms with Crippen molar-refractivity contribution >= 4 is 11.8 Å². The van der Waals surface area contributed by atoms with Gasteiger partial charge in [0, 0.05) is 32.2 Å². The van der Waals surface area contributed by atoms with Crippen LogP contribution >= 0.6 is 0 Å². The topological polar surface area (TPSA) is 72.7 Å². The van der Waals surface area contributed by atoms with Crippen LogP contribution in [0.5, 0.6) is 0 Å². The quantitative estimate of drug-likeness (QED) is 0.851. The van der Waals surface area contributed by atoms with Gasteiger partial charge in [-0.3, -0.25) is 0 Å². The fraction of sp³-hybridized carbons (Fsp3) is 0.750. The number of nitrogens with zero attached hydrogens (tertiary/aromatic N) is 4. The van der Waals surface area contributed by atoms with Crippen LogP contribution in [0.4, 0.5) is 24.9 Å². The van der Waals surface area contributed by atoms with Crippen LogP contribution in [0, 0.1) is 5.92 Å². The van der Waals surface area contributed by atoms with E-state index >= 15 is 0 Å². The fourth-order valence-corrected chi connectivity index (χ4v) is 3.45.